The Labute approximate surface area is 205 Å². The van der Waals surface area contributed by atoms with Crippen LogP contribution >= 0.6 is 24.0 Å². The molecule has 1 aromatic heterocycles. The van der Waals surface area contributed by atoms with Crippen molar-refractivity contribution in [2.24, 2.45) is 4.99 Å². The van der Waals surface area contributed by atoms with Crippen LogP contribution in [0.2, 0.25) is 0 Å². The Morgan fingerprint density at radius 3 is 2.28 bits per heavy atom. The first-order valence-electron chi connectivity index (χ1n) is 9.99. The number of aromatic nitrogens is 1. The summed E-state index contributed by atoms with van der Waals surface area (Å²) in [6.45, 7) is 3.66. The summed E-state index contributed by atoms with van der Waals surface area (Å²) in [4.78, 5) is 9.19. The number of halogens is 1. The maximum Gasteiger partial charge on any atom is 0.226 e. The maximum atomic E-state index is 5.59. The molecule has 0 aliphatic heterocycles. The molecular weight excluding hydrogens is 523 g/mol. The van der Waals surface area contributed by atoms with E-state index >= 15 is 0 Å². The molecule has 0 aliphatic carbocycles. The van der Waals surface area contributed by atoms with Gasteiger partial charge in [0.1, 0.15) is 6.26 Å². The van der Waals surface area contributed by atoms with Gasteiger partial charge in [-0.25, -0.2) is 9.98 Å². The Morgan fingerprint density at radius 2 is 1.69 bits per heavy atom. The minimum absolute atomic E-state index is 0. The smallest absolute Gasteiger partial charge is 0.226 e. The molecule has 0 radical (unpaired) electrons. The lowest BCUT2D eigenvalue weighted by molar-refractivity contribution is 0.324. The summed E-state index contributed by atoms with van der Waals surface area (Å²) in [5.74, 6) is 3.02. The molecule has 0 atom stereocenters. The number of nitrogens with zero attached hydrogens (tertiary/aromatic N) is 2. The standard InChI is InChI=1S/C23H28N4O4.HI/c1-5-24-23(25-13-16-11-19(28-2)21(30-4)20(12-16)29-3)26-14-18-15-31-22(27-18)17-9-7-6-8-10-17;/h6-12,15H,5,13-14H2,1-4H3,(H2,24,25,26);1H. The predicted octanol–water partition coefficient (Wildman–Crippen LogP) is 4.24. The van der Waals surface area contributed by atoms with Gasteiger partial charge in [-0.2, -0.15) is 0 Å². The third-order valence-electron chi connectivity index (χ3n) is 4.50. The van der Waals surface area contributed by atoms with Crippen molar-refractivity contribution in [3.05, 3.63) is 60.0 Å². The number of hydrogen-bond acceptors (Lipinski definition) is 6. The highest BCUT2D eigenvalue weighted by atomic mass is 127. The van der Waals surface area contributed by atoms with E-state index in [-0.39, 0.29) is 24.0 Å². The molecule has 0 amide bonds. The van der Waals surface area contributed by atoms with Crippen LogP contribution < -0.4 is 24.8 Å². The zero-order valence-corrected chi connectivity index (χ0v) is 21.0. The average Bonchev–Trinajstić information content (AvgIpc) is 3.29. The Balaban J connectivity index is 0.00000363. The molecule has 0 spiro atoms. The van der Waals surface area contributed by atoms with Crippen LogP contribution in [-0.2, 0) is 13.1 Å². The minimum atomic E-state index is 0. The second kappa shape index (κ2) is 12.8. The molecule has 0 saturated heterocycles. The largest absolute Gasteiger partial charge is 0.493 e. The van der Waals surface area contributed by atoms with E-state index in [2.05, 4.69) is 20.6 Å². The quantitative estimate of drug-likeness (QED) is 0.233. The Bertz CT molecular complexity index is 983. The van der Waals surface area contributed by atoms with Crippen LogP contribution in [0.15, 0.2) is 58.1 Å². The van der Waals surface area contributed by atoms with Crippen molar-refractivity contribution in [3.63, 3.8) is 0 Å². The van der Waals surface area contributed by atoms with Gasteiger partial charge in [0.15, 0.2) is 17.5 Å². The van der Waals surface area contributed by atoms with Gasteiger partial charge in [0, 0.05) is 12.1 Å². The molecule has 0 fully saturated rings. The third-order valence-corrected chi connectivity index (χ3v) is 4.50. The fourth-order valence-electron chi connectivity index (χ4n) is 3.01. The number of guanidine groups is 1. The Hall–Kier alpha value is -2.95. The van der Waals surface area contributed by atoms with Gasteiger partial charge in [0.05, 0.1) is 40.1 Å². The SMILES string of the molecule is CCNC(=NCc1cc(OC)c(OC)c(OC)c1)NCc1coc(-c2ccccc2)n1.I. The van der Waals surface area contributed by atoms with Crippen molar-refractivity contribution < 1.29 is 18.6 Å². The summed E-state index contributed by atoms with van der Waals surface area (Å²) < 4.78 is 21.8. The van der Waals surface area contributed by atoms with Gasteiger partial charge in [0.25, 0.3) is 0 Å². The van der Waals surface area contributed by atoms with Crippen LogP contribution in [0.4, 0.5) is 0 Å². The first-order valence-corrected chi connectivity index (χ1v) is 9.99. The number of aliphatic imine (C=N–C) groups is 1. The van der Waals surface area contributed by atoms with Crippen LogP contribution in [-0.4, -0.2) is 38.8 Å². The van der Waals surface area contributed by atoms with Crippen LogP contribution in [0.25, 0.3) is 11.5 Å². The monoisotopic (exact) mass is 552 g/mol. The second-order valence-electron chi connectivity index (χ2n) is 6.59. The number of oxazole rings is 1. The van der Waals surface area contributed by atoms with E-state index in [0.717, 1.165) is 23.4 Å². The summed E-state index contributed by atoms with van der Waals surface area (Å²) in [5, 5.41) is 6.52. The van der Waals surface area contributed by atoms with Crippen LogP contribution in [0.3, 0.4) is 0 Å². The van der Waals surface area contributed by atoms with Gasteiger partial charge in [-0.3, -0.25) is 0 Å². The molecule has 172 valence electrons. The summed E-state index contributed by atoms with van der Waals surface area (Å²) in [7, 11) is 4.77. The molecule has 32 heavy (non-hydrogen) atoms. The first kappa shape index (κ1) is 25.3. The first-order chi connectivity index (χ1) is 15.2. The molecule has 3 aromatic rings. The summed E-state index contributed by atoms with van der Waals surface area (Å²) in [6, 6.07) is 13.6. The zero-order chi connectivity index (χ0) is 22.1. The molecule has 3 rings (SSSR count). The highest BCUT2D eigenvalue weighted by Gasteiger charge is 2.13. The van der Waals surface area contributed by atoms with Crippen molar-refractivity contribution in [1.82, 2.24) is 15.6 Å². The fourth-order valence-corrected chi connectivity index (χ4v) is 3.01. The van der Waals surface area contributed by atoms with Gasteiger partial charge in [-0.05, 0) is 36.8 Å². The van der Waals surface area contributed by atoms with Gasteiger partial charge in [-0.15, -0.1) is 24.0 Å². The highest BCUT2D eigenvalue weighted by Crippen LogP contribution is 2.38. The van der Waals surface area contributed by atoms with E-state index in [4.69, 9.17) is 18.6 Å². The van der Waals surface area contributed by atoms with E-state index in [1.165, 1.54) is 0 Å². The number of rotatable bonds is 9. The van der Waals surface area contributed by atoms with Crippen molar-refractivity contribution in [1.29, 1.82) is 0 Å². The molecule has 0 bridgehead atoms. The van der Waals surface area contributed by atoms with Gasteiger partial charge in [-0.1, -0.05) is 18.2 Å². The molecule has 2 N–H and O–H groups in total. The van der Waals surface area contributed by atoms with Crippen molar-refractivity contribution >= 4 is 29.9 Å². The van der Waals surface area contributed by atoms with E-state index in [1.54, 1.807) is 27.6 Å². The fraction of sp³-hybridized carbons (Fsp3) is 0.304. The van der Waals surface area contributed by atoms with Crippen molar-refractivity contribution in [3.8, 4) is 28.7 Å². The topological polar surface area (TPSA) is 90.1 Å². The number of methoxy groups -OCH3 is 3. The molecule has 0 aliphatic rings. The van der Waals surface area contributed by atoms with Crippen LogP contribution in [0.5, 0.6) is 17.2 Å². The number of benzene rings is 2. The average molecular weight is 552 g/mol. The van der Waals surface area contributed by atoms with E-state index in [9.17, 15) is 0 Å². The number of ether oxygens (including phenoxy) is 3. The molecule has 1 heterocycles. The second-order valence-corrected chi connectivity index (χ2v) is 6.59. The lowest BCUT2D eigenvalue weighted by Crippen LogP contribution is -2.36. The Kier molecular flexibility index (Phi) is 10.1. The lowest BCUT2D eigenvalue weighted by atomic mass is 10.2. The van der Waals surface area contributed by atoms with Crippen LogP contribution in [0, 0.1) is 0 Å². The van der Waals surface area contributed by atoms with Crippen LogP contribution in [0.1, 0.15) is 18.2 Å². The van der Waals surface area contributed by atoms with Gasteiger partial charge in [0.2, 0.25) is 11.6 Å². The molecule has 0 saturated carbocycles. The van der Waals surface area contributed by atoms with Crippen molar-refractivity contribution in [2.75, 3.05) is 27.9 Å². The highest BCUT2D eigenvalue weighted by molar-refractivity contribution is 14.0. The number of nitrogens with one attached hydrogen (secondary N) is 2. The molecule has 9 heteroatoms. The predicted molar refractivity (Wildman–Crippen MR) is 135 cm³/mol. The summed E-state index contributed by atoms with van der Waals surface area (Å²) in [5.41, 5.74) is 2.66. The normalized spacial score (nSPS) is 10.8. The summed E-state index contributed by atoms with van der Waals surface area (Å²) >= 11 is 0. The van der Waals surface area contributed by atoms with E-state index < -0.39 is 0 Å². The van der Waals surface area contributed by atoms with Crippen molar-refractivity contribution in [2.45, 2.75) is 20.0 Å². The molecular formula is C23H29IN4O4. The number of hydrogen-bond donors (Lipinski definition) is 2. The zero-order valence-electron chi connectivity index (χ0n) is 18.7. The molecule has 8 nitrogen and oxygen atoms in total. The minimum Gasteiger partial charge on any atom is -0.493 e. The maximum absolute atomic E-state index is 5.59. The summed E-state index contributed by atoms with van der Waals surface area (Å²) in [6.07, 6.45) is 1.65. The lowest BCUT2D eigenvalue weighted by Gasteiger charge is -2.14. The van der Waals surface area contributed by atoms with E-state index in [0.29, 0.717) is 42.2 Å². The van der Waals surface area contributed by atoms with Gasteiger partial charge < -0.3 is 29.3 Å². The Morgan fingerprint density at radius 1 is 1.00 bits per heavy atom. The molecule has 0 unspecified atom stereocenters. The van der Waals surface area contributed by atoms with E-state index in [1.807, 2.05) is 49.4 Å². The third kappa shape index (κ3) is 6.52. The van der Waals surface area contributed by atoms with Gasteiger partial charge >= 0.3 is 0 Å². The molecule has 2 aromatic carbocycles.